The molecule has 3 aromatic heterocycles. The largest absolute Gasteiger partial charge is 0.352 e. The van der Waals surface area contributed by atoms with Crippen LogP contribution in [0.2, 0.25) is 0 Å². The first-order valence-corrected chi connectivity index (χ1v) is 10.1. The fourth-order valence-electron chi connectivity index (χ4n) is 2.79. The Hall–Kier alpha value is -2.78. The second kappa shape index (κ2) is 7.45. The van der Waals surface area contributed by atoms with Gasteiger partial charge in [-0.05, 0) is 36.6 Å². The highest BCUT2D eigenvalue weighted by Crippen LogP contribution is 2.35. The Bertz CT molecular complexity index is 970. The fourth-order valence-corrected chi connectivity index (χ4v) is 4.60. The number of amides is 3. The Morgan fingerprint density at radius 3 is 2.78 bits per heavy atom. The van der Waals surface area contributed by atoms with Crippen molar-refractivity contribution in [3.8, 4) is 20.3 Å². The molecule has 0 bridgehead atoms. The molecule has 0 aliphatic carbocycles. The number of anilines is 1. The van der Waals surface area contributed by atoms with E-state index in [9.17, 15) is 9.59 Å². The number of hydrogen-bond acceptors (Lipinski definition) is 7. The summed E-state index contributed by atoms with van der Waals surface area (Å²) < 4.78 is 0. The molecule has 1 saturated heterocycles. The molecule has 1 aliphatic heterocycles. The number of urea groups is 1. The maximum absolute atomic E-state index is 11.7. The maximum Gasteiger partial charge on any atom is 0.324 e. The molecule has 0 radical (unpaired) electrons. The van der Waals surface area contributed by atoms with Crippen LogP contribution < -0.4 is 10.6 Å². The average molecular weight is 400 g/mol. The van der Waals surface area contributed by atoms with E-state index in [1.54, 1.807) is 35.8 Å². The minimum atomic E-state index is -0.451. The third-order valence-electron chi connectivity index (χ3n) is 4.25. The molecule has 1 fully saturated rings. The molecule has 4 rings (SSSR count). The fraction of sp³-hybridized carbons (Fsp3) is 0.222. The van der Waals surface area contributed by atoms with Crippen LogP contribution in [-0.4, -0.2) is 45.9 Å². The molecule has 2 N–H and O–H groups in total. The number of nitrogens with zero attached hydrogens (tertiary/aromatic N) is 3. The molecule has 0 saturated carbocycles. The molecule has 7 nitrogen and oxygen atoms in total. The second-order valence-corrected chi connectivity index (χ2v) is 8.03. The van der Waals surface area contributed by atoms with Crippen molar-refractivity contribution in [2.75, 3.05) is 18.4 Å². The van der Waals surface area contributed by atoms with Crippen LogP contribution in [0.4, 0.5) is 10.7 Å². The van der Waals surface area contributed by atoms with Crippen LogP contribution in [0.5, 0.6) is 0 Å². The zero-order valence-corrected chi connectivity index (χ0v) is 16.1. The summed E-state index contributed by atoms with van der Waals surface area (Å²) in [5, 5.41) is 7.49. The van der Waals surface area contributed by atoms with Gasteiger partial charge in [-0.2, -0.15) is 0 Å². The zero-order chi connectivity index (χ0) is 18.8. The lowest BCUT2D eigenvalue weighted by molar-refractivity contribution is -0.121. The predicted octanol–water partition coefficient (Wildman–Crippen LogP) is 3.29. The number of aromatic nitrogens is 2. The van der Waals surface area contributed by atoms with E-state index in [1.165, 1.54) is 14.7 Å². The molecule has 3 aromatic rings. The standard InChI is InChI=1S/C18H17N5O2S2/c1-11-16(24)22-18(25)23(11)9-8-20-17-19-7-6-12(21-17)13-4-5-15(27-13)14-3-2-10-26-14/h2-7,10-11H,8-9H2,1H3,(H,19,20,21)(H,22,24,25). The van der Waals surface area contributed by atoms with E-state index in [4.69, 9.17) is 0 Å². The molecular formula is C18H17N5O2S2. The SMILES string of the molecule is CC1C(=O)NC(=O)N1CCNc1nccc(-c2ccc(-c3cccs3)s2)n1. The van der Waals surface area contributed by atoms with E-state index < -0.39 is 6.04 Å². The first-order chi connectivity index (χ1) is 13.1. The van der Waals surface area contributed by atoms with Crippen LogP contribution in [0, 0.1) is 0 Å². The van der Waals surface area contributed by atoms with Crippen molar-refractivity contribution in [2.24, 2.45) is 0 Å². The van der Waals surface area contributed by atoms with E-state index in [0.29, 0.717) is 19.0 Å². The monoisotopic (exact) mass is 399 g/mol. The smallest absolute Gasteiger partial charge is 0.324 e. The van der Waals surface area contributed by atoms with Crippen molar-refractivity contribution >= 4 is 40.6 Å². The van der Waals surface area contributed by atoms with Crippen molar-refractivity contribution < 1.29 is 9.59 Å². The van der Waals surface area contributed by atoms with Gasteiger partial charge >= 0.3 is 6.03 Å². The van der Waals surface area contributed by atoms with Gasteiger partial charge in [0.25, 0.3) is 5.91 Å². The van der Waals surface area contributed by atoms with E-state index in [0.717, 1.165) is 10.6 Å². The average Bonchev–Trinajstić information content (AvgIpc) is 3.39. The number of carbonyl (C=O) groups excluding carboxylic acids is 2. The van der Waals surface area contributed by atoms with Crippen LogP contribution in [0.3, 0.4) is 0 Å². The number of nitrogens with one attached hydrogen (secondary N) is 2. The van der Waals surface area contributed by atoms with Gasteiger partial charge in [-0.15, -0.1) is 22.7 Å². The summed E-state index contributed by atoms with van der Waals surface area (Å²) in [7, 11) is 0. The Morgan fingerprint density at radius 1 is 1.19 bits per heavy atom. The van der Waals surface area contributed by atoms with E-state index in [1.807, 2.05) is 12.1 Å². The summed E-state index contributed by atoms with van der Waals surface area (Å²) in [4.78, 5) is 37.0. The van der Waals surface area contributed by atoms with Crippen molar-refractivity contribution in [1.82, 2.24) is 20.2 Å². The quantitative estimate of drug-likeness (QED) is 0.621. The number of imide groups is 1. The van der Waals surface area contributed by atoms with Gasteiger partial charge in [0.15, 0.2) is 0 Å². The highest BCUT2D eigenvalue weighted by molar-refractivity contribution is 7.23. The third-order valence-corrected chi connectivity index (χ3v) is 6.43. The van der Waals surface area contributed by atoms with Gasteiger partial charge in [-0.1, -0.05) is 6.07 Å². The van der Waals surface area contributed by atoms with Crippen LogP contribution in [-0.2, 0) is 4.79 Å². The van der Waals surface area contributed by atoms with Gasteiger partial charge in [0.1, 0.15) is 6.04 Å². The number of carbonyl (C=O) groups is 2. The summed E-state index contributed by atoms with van der Waals surface area (Å²) in [5.74, 6) is 0.231. The summed E-state index contributed by atoms with van der Waals surface area (Å²) >= 11 is 3.41. The summed E-state index contributed by atoms with van der Waals surface area (Å²) in [6.07, 6.45) is 1.71. The zero-order valence-electron chi connectivity index (χ0n) is 14.5. The molecule has 3 amide bonds. The van der Waals surface area contributed by atoms with Crippen molar-refractivity contribution in [3.63, 3.8) is 0 Å². The topological polar surface area (TPSA) is 87.2 Å². The number of hydrogen-bond donors (Lipinski definition) is 2. The Balaban J connectivity index is 1.41. The summed E-state index contributed by atoms with van der Waals surface area (Å²) in [6, 6.07) is 9.38. The van der Waals surface area contributed by atoms with Crippen molar-refractivity contribution in [1.29, 1.82) is 0 Å². The highest BCUT2D eigenvalue weighted by Gasteiger charge is 2.34. The van der Waals surface area contributed by atoms with Gasteiger partial charge in [0, 0.05) is 29.0 Å². The molecule has 9 heteroatoms. The normalized spacial score (nSPS) is 16.6. The Labute approximate surface area is 164 Å². The van der Waals surface area contributed by atoms with Crippen molar-refractivity contribution in [3.05, 3.63) is 41.9 Å². The van der Waals surface area contributed by atoms with Gasteiger partial charge in [0.2, 0.25) is 5.95 Å². The lowest BCUT2D eigenvalue weighted by Crippen LogP contribution is -2.36. The van der Waals surface area contributed by atoms with Crippen LogP contribution in [0.15, 0.2) is 41.9 Å². The molecule has 1 aliphatic rings. The molecular weight excluding hydrogens is 382 g/mol. The van der Waals surface area contributed by atoms with Crippen LogP contribution in [0.25, 0.3) is 20.3 Å². The van der Waals surface area contributed by atoms with Crippen molar-refractivity contribution in [2.45, 2.75) is 13.0 Å². The first kappa shape index (κ1) is 17.6. The minimum Gasteiger partial charge on any atom is -0.352 e. The second-order valence-electron chi connectivity index (χ2n) is 6.00. The Morgan fingerprint density at radius 2 is 2.04 bits per heavy atom. The summed E-state index contributed by atoms with van der Waals surface area (Å²) in [6.45, 7) is 2.56. The molecule has 0 spiro atoms. The number of rotatable bonds is 6. The van der Waals surface area contributed by atoms with Gasteiger partial charge < -0.3 is 10.2 Å². The van der Waals surface area contributed by atoms with E-state index in [2.05, 4.69) is 44.2 Å². The van der Waals surface area contributed by atoms with Crippen LogP contribution in [0.1, 0.15) is 6.92 Å². The lowest BCUT2D eigenvalue weighted by atomic mass is 10.3. The summed E-state index contributed by atoms with van der Waals surface area (Å²) in [5.41, 5.74) is 0.850. The maximum atomic E-state index is 11.7. The van der Waals surface area contributed by atoms with E-state index in [-0.39, 0.29) is 11.9 Å². The molecule has 138 valence electrons. The predicted molar refractivity (Wildman–Crippen MR) is 107 cm³/mol. The third kappa shape index (κ3) is 3.69. The van der Waals surface area contributed by atoms with E-state index >= 15 is 0 Å². The van der Waals surface area contributed by atoms with Crippen LogP contribution >= 0.6 is 22.7 Å². The number of thiophene rings is 2. The molecule has 4 heterocycles. The first-order valence-electron chi connectivity index (χ1n) is 8.44. The van der Waals surface area contributed by atoms with Gasteiger partial charge in [0.05, 0.1) is 10.6 Å². The minimum absolute atomic E-state index is 0.266. The van der Waals surface area contributed by atoms with Gasteiger partial charge in [-0.3, -0.25) is 10.1 Å². The molecule has 0 aromatic carbocycles. The van der Waals surface area contributed by atoms with Gasteiger partial charge in [-0.25, -0.2) is 14.8 Å². The molecule has 27 heavy (non-hydrogen) atoms. The molecule has 1 atom stereocenters. The highest BCUT2D eigenvalue weighted by atomic mass is 32.1. The molecule has 1 unspecified atom stereocenters. The lowest BCUT2D eigenvalue weighted by Gasteiger charge is -2.18. The Kier molecular flexibility index (Phi) is 4.87.